The number of nitrogens with two attached hydrogens (primary N) is 1. The van der Waals surface area contributed by atoms with Crippen LogP contribution in [0.4, 0.5) is 5.82 Å². The largest absolute Gasteiger partial charge is 0.387 e. The summed E-state index contributed by atoms with van der Waals surface area (Å²) >= 11 is 0. The predicted molar refractivity (Wildman–Crippen MR) is 158 cm³/mol. The van der Waals surface area contributed by atoms with Crippen LogP contribution < -0.4 is 11.1 Å². The predicted octanol–water partition coefficient (Wildman–Crippen LogP) is 2.44. The van der Waals surface area contributed by atoms with Gasteiger partial charge in [-0.2, -0.15) is 0 Å². The molecule has 11 heteroatoms. The molecule has 0 radical (unpaired) electrons. The number of amides is 1. The van der Waals surface area contributed by atoms with Crippen LogP contribution in [0.1, 0.15) is 33.4 Å². The van der Waals surface area contributed by atoms with Gasteiger partial charge in [0.1, 0.15) is 36.5 Å². The topological polar surface area (TPSA) is 150 Å². The Morgan fingerprint density at radius 1 is 0.930 bits per heavy atom. The summed E-state index contributed by atoms with van der Waals surface area (Å²) in [6, 6.07) is 29.4. The lowest BCUT2D eigenvalue weighted by molar-refractivity contribution is -0.0945. The van der Waals surface area contributed by atoms with E-state index in [1.54, 1.807) is 7.11 Å². The fourth-order valence-electron chi connectivity index (χ4n) is 5.24. The van der Waals surface area contributed by atoms with Crippen molar-refractivity contribution in [3.8, 4) is 0 Å². The highest BCUT2D eigenvalue weighted by atomic mass is 16.6. The van der Waals surface area contributed by atoms with Gasteiger partial charge in [-0.05, 0) is 16.7 Å². The third-order valence-corrected chi connectivity index (χ3v) is 7.43. The zero-order chi connectivity index (χ0) is 30.2. The lowest BCUT2D eigenvalue weighted by Gasteiger charge is -2.37. The zero-order valence-electron chi connectivity index (χ0n) is 23.8. The van der Waals surface area contributed by atoms with E-state index in [1.807, 2.05) is 91.0 Å². The Morgan fingerprint density at radius 2 is 1.49 bits per heavy atom. The third kappa shape index (κ3) is 6.32. The van der Waals surface area contributed by atoms with Gasteiger partial charge in [0.2, 0.25) is 0 Å². The molecule has 5 N–H and O–H groups in total. The maximum Gasteiger partial charge on any atom is 0.275 e. The number of hydrogen-bond donors (Lipinski definition) is 4. The molecule has 226 valence electrons. The minimum atomic E-state index is -1.36. The van der Waals surface area contributed by atoms with Gasteiger partial charge in [0.25, 0.3) is 5.91 Å². The highest BCUT2D eigenvalue weighted by molar-refractivity contribution is 5.96. The molecular formula is C32H36N4O7. The second-order valence-corrected chi connectivity index (χ2v) is 10.1. The van der Waals surface area contributed by atoms with E-state index < -0.39 is 36.0 Å². The van der Waals surface area contributed by atoms with E-state index in [9.17, 15) is 15.0 Å². The van der Waals surface area contributed by atoms with Gasteiger partial charge in [-0.1, -0.05) is 91.0 Å². The molecule has 4 atom stereocenters. The standard InChI is InChI=1S/C32H36N4O7/c1-40-17-18-41-21-35-30(39)26-29(33)36(20-34-26)31-28(38)27(37)25(43-31)19-42-32(22-11-5-2-6-12-22,23-13-7-3-8-14-23)24-15-9-4-10-16-24/h2-16,20,25,27-28,31,37-38H,17-19,21,33H2,1H3,(H,35,39)/t25-,27-,28-,31-/m1/s1. The van der Waals surface area contributed by atoms with Crippen molar-refractivity contribution in [1.82, 2.24) is 14.9 Å². The molecule has 1 fully saturated rings. The number of rotatable bonds is 13. The van der Waals surface area contributed by atoms with E-state index in [1.165, 1.54) is 10.9 Å². The lowest BCUT2D eigenvalue weighted by Crippen LogP contribution is -2.39. The minimum absolute atomic E-state index is 0.0283. The maximum absolute atomic E-state index is 12.6. The number of imidazole rings is 1. The number of aliphatic hydroxyl groups is 2. The van der Waals surface area contributed by atoms with Crippen molar-refractivity contribution >= 4 is 11.7 Å². The number of carbonyl (C=O) groups excluding carboxylic acids is 1. The monoisotopic (exact) mass is 588 g/mol. The molecule has 11 nitrogen and oxygen atoms in total. The molecule has 4 aromatic rings. The van der Waals surface area contributed by atoms with Crippen molar-refractivity contribution in [3.05, 3.63) is 120 Å². The van der Waals surface area contributed by atoms with E-state index in [0.29, 0.717) is 13.2 Å². The Balaban J connectivity index is 1.37. The molecule has 1 saturated heterocycles. The number of nitrogen functional groups attached to an aromatic ring is 1. The molecule has 0 spiro atoms. The fraction of sp³-hybridized carbons (Fsp3) is 0.312. The van der Waals surface area contributed by atoms with E-state index in [4.69, 9.17) is 24.7 Å². The summed E-state index contributed by atoms with van der Waals surface area (Å²) in [7, 11) is 1.55. The van der Waals surface area contributed by atoms with Crippen LogP contribution in [0.5, 0.6) is 0 Å². The van der Waals surface area contributed by atoms with Crippen LogP contribution in [0.15, 0.2) is 97.3 Å². The SMILES string of the molecule is COCCOCNC(=O)c1ncn([C@@H]2O[C@H](COC(c3ccccc3)(c3ccccc3)c3ccccc3)[C@@H](O)[C@H]2O)c1N. The van der Waals surface area contributed by atoms with Gasteiger partial charge in [0.15, 0.2) is 11.9 Å². The second kappa shape index (κ2) is 13.9. The zero-order valence-corrected chi connectivity index (χ0v) is 23.8. The van der Waals surface area contributed by atoms with E-state index in [2.05, 4.69) is 10.3 Å². The van der Waals surface area contributed by atoms with Crippen LogP contribution in [-0.2, 0) is 24.5 Å². The number of nitrogens with zero attached hydrogens (tertiary/aromatic N) is 2. The quantitative estimate of drug-likeness (QED) is 0.105. The molecule has 0 aliphatic carbocycles. The van der Waals surface area contributed by atoms with E-state index in [-0.39, 0.29) is 24.8 Å². The summed E-state index contributed by atoms with van der Waals surface area (Å²) in [5.74, 6) is -0.584. The molecule has 0 bridgehead atoms. The molecule has 2 heterocycles. The van der Waals surface area contributed by atoms with Crippen molar-refractivity contribution in [2.75, 3.05) is 39.4 Å². The number of aliphatic hydroxyl groups excluding tert-OH is 2. The fourth-order valence-corrected chi connectivity index (χ4v) is 5.24. The smallest absolute Gasteiger partial charge is 0.275 e. The van der Waals surface area contributed by atoms with Crippen LogP contribution in [0, 0.1) is 0 Å². The number of ether oxygens (including phenoxy) is 4. The Labute approximate surface area is 249 Å². The lowest BCUT2D eigenvalue weighted by atomic mass is 9.80. The minimum Gasteiger partial charge on any atom is -0.387 e. The first-order valence-corrected chi connectivity index (χ1v) is 14.0. The van der Waals surface area contributed by atoms with Gasteiger partial charge in [-0.3, -0.25) is 9.36 Å². The van der Waals surface area contributed by atoms with Crippen LogP contribution in [-0.4, -0.2) is 77.6 Å². The highest BCUT2D eigenvalue weighted by Crippen LogP contribution is 2.42. The Bertz CT molecular complexity index is 1360. The summed E-state index contributed by atoms with van der Waals surface area (Å²) in [6.07, 6.45) is -3.41. The summed E-state index contributed by atoms with van der Waals surface area (Å²) in [6.45, 7) is 0.569. The van der Waals surface area contributed by atoms with E-state index in [0.717, 1.165) is 16.7 Å². The number of aromatic nitrogens is 2. The summed E-state index contributed by atoms with van der Waals surface area (Å²) < 4.78 is 24.4. The first-order valence-electron chi connectivity index (χ1n) is 14.0. The second-order valence-electron chi connectivity index (χ2n) is 10.1. The summed E-state index contributed by atoms with van der Waals surface area (Å²) in [4.78, 5) is 16.7. The van der Waals surface area contributed by atoms with Gasteiger partial charge in [-0.25, -0.2) is 4.98 Å². The Morgan fingerprint density at radius 3 is 2.02 bits per heavy atom. The summed E-state index contributed by atoms with van der Waals surface area (Å²) in [5, 5.41) is 24.6. The van der Waals surface area contributed by atoms with Gasteiger partial charge >= 0.3 is 0 Å². The van der Waals surface area contributed by atoms with Gasteiger partial charge in [0, 0.05) is 7.11 Å². The highest BCUT2D eigenvalue weighted by Gasteiger charge is 2.47. The van der Waals surface area contributed by atoms with Crippen molar-refractivity contribution < 1.29 is 34.0 Å². The van der Waals surface area contributed by atoms with Crippen LogP contribution in [0.2, 0.25) is 0 Å². The summed E-state index contributed by atoms with van der Waals surface area (Å²) in [5.41, 5.74) is 7.80. The molecule has 1 aliphatic heterocycles. The number of nitrogens with one attached hydrogen (secondary N) is 1. The molecular weight excluding hydrogens is 552 g/mol. The van der Waals surface area contributed by atoms with Gasteiger partial charge in [-0.15, -0.1) is 0 Å². The number of hydrogen-bond acceptors (Lipinski definition) is 9. The number of carbonyl (C=O) groups is 1. The van der Waals surface area contributed by atoms with Crippen LogP contribution in [0.25, 0.3) is 0 Å². The Hall–Kier alpha value is -4.10. The number of anilines is 1. The molecule has 0 saturated carbocycles. The van der Waals surface area contributed by atoms with Crippen molar-refractivity contribution in [1.29, 1.82) is 0 Å². The first-order chi connectivity index (χ1) is 21.0. The van der Waals surface area contributed by atoms with E-state index >= 15 is 0 Å². The van der Waals surface area contributed by atoms with Crippen molar-refractivity contribution in [2.45, 2.75) is 30.1 Å². The average Bonchev–Trinajstić information content (AvgIpc) is 3.57. The van der Waals surface area contributed by atoms with Crippen molar-refractivity contribution in [3.63, 3.8) is 0 Å². The number of methoxy groups -OCH3 is 1. The molecule has 1 amide bonds. The molecule has 0 unspecified atom stereocenters. The molecule has 1 aliphatic rings. The van der Waals surface area contributed by atoms with Gasteiger partial charge in [0.05, 0.1) is 26.1 Å². The molecule has 5 rings (SSSR count). The molecule has 43 heavy (non-hydrogen) atoms. The number of benzene rings is 3. The normalized spacial score (nSPS) is 20.3. The molecule has 3 aromatic carbocycles. The van der Waals surface area contributed by atoms with Crippen LogP contribution in [0.3, 0.4) is 0 Å². The Kier molecular flexibility index (Phi) is 9.82. The van der Waals surface area contributed by atoms with Crippen LogP contribution >= 0.6 is 0 Å². The maximum atomic E-state index is 12.6. The third-order valence-electron chi connectivity index (χ3n) is 7.43. The molecule has 1 aromatic heterocycles. The van der Waals surface area contributed by atoms with Crippen molar-refractivity contribution in [2.24, 2.45) is 0 Å². The average molecular weight is 589 g/mol. The van der Waals surface area contributed by atoms with Gasteiger partial charge < -0.3 is 40.2 Å². The first kappa shape index (κ1) is 30.4.